The van der Waals surface area contributed by atoms with Crippen molar-refractivity contribution in [2.24, 2.45) is 0 Å². The maximum atomic E-state index is 12.1. The molecular weight excluding hydrogens is 458 g/mol. The van der Waals surface area contributed by atoms with Gasteiger partial charge < -0.3 is 14.6 Å². The van der Waals surface area contributed by atoms with Crippen molar-refractivity contribution >= 4 is 41.2 Å². The van der Waals surface area contributed by atoms with Crippen molar-refractivity contribution in [3.63, 3.8) is 0 Å². The van der Waals surface area contributed by atoms with Gasteiger partial charge in [-0.15, -0.1) is 0 Å². The predicted molar refractivity (Wildman–Crippen MR) is 132 cm³/mol. The average molecular weight is 484 g/mol. The molecule has 0 atom stereocenters. The molecule has 0 saturated carbocycles. The van der Waals surface area contributed by atoms with Gasteiger partial charge in [0.25, 0.3) is 0 Å². The Morgan fingerprint density at radius 1 is 1.12 bits per heavy atom. The van der Waals surface area contributed by atoms with Gasteiger partial charge in [0.2, 0.25) is 5.91 Å². The molecule has 4 rings (SSSR count). The smallest absolute Gasteiger partial charge is 0.230 e. The molecule has 0 aliphatic carbocycles. The number of anilines is 1. The highest BCUT2D eigenvalue weighted by Gasteiger charge is 2.19. The van der Waals surface area contributed by atoms with Gasteiger partial charge in [-0.1, -0.05) is 65.8 Å². The number of amides is 1. The molecule has 7 nitrogen and oxygen atoms in total. The first-order valence-electron chi connectivity index (χ1n) is 10.8. The fraction of sp³-hybridized carbons (Fsp3) is 0.292. The van der Waals surface area contributed by atoms with E-state index in [0.717, 1.165) is 38.5 Å². The van der Waals surface area contributed by atoms with Crippen LogP contribution >= 0.6 is 23.4 Å². The molecule has 2 aromatic heterocycles. The van der Waals surface area contributed by atoms with E-state index in [-0.39, 0.29) is 11.7 Å². The third-order valence-corrected chi connectivity index (χ3v) is 6.24. The number of rotatable bonds is 9. The normalized spacial score (nSPS) is 14.6. The van der Waals surface area contributed by atoms with Crippen LogP contribution in [-0.2, 0) is 11.3 Å². The lowest BCUT2D eigenvalue weighted by Gasteiger charge is -2.35. The summed E-state index contributed by atoms with van der Waals surface area (Å²) >= 11 is 7.52. The van der Waals surface area contributed by atoms with Gasteiger partial charge >= 0.3 is 0 Å². The standard InChI is InChI=1S/C24H26ClN5O2S/c25-21-16-22(28-24(27-21)33-18-23(31)26-17-20-9-5-15-32-20)30-13-11-29(12-14-30)10-4-8-19-6-2-1-3-7-19/h1-9,15-16H,10-14,17-18H2,(H,26,31)/b8-4+. The molecule has 1 saturated heterocycles. The molecule has 1 N–H and O–H groups in total. The molecule has 1 amide bonds. The van der Waals surface area contributed by atoms with Gasteiger partial charge in [-0.25, -0.2) is 9.97 Å². The van der Waals surface area contributed by atoms with Crippen molar-refractivity contribution in [3.8, 4) is 0 Å². The van der Waals surface area contributed by atoms with Gasteiger partial charge in [-0.2, -0.15) is 0 Å². The van der Waals surface area contributed by atoms with Crippen molar-refractivity contribution in [2.45, 2.75) is 11.7 Å². The first kappa shape index (κ1) is 23.4. The maximum Gasteiger partial charge on any atom is 0.230 e. The van der Waals surface area contributed by atoms with Crippen molar-refractivity contribution in [2.75, 3.05) is 43.4 Å². The van der Waals surface area contributed by atoms with E-state index in [1.807, 2.05) is 24.3 Å². The zero-order valence-electron chi connectivity index (χ0n) is 18.2. The Morgan fingerprint density at radius 2 is 1.94 bits per heavy atom. The van der Waals surface area contributed by atoms with Crippen molar-refractivity contribution < 1.29 is 9.21 Å². The van der Waals surface area contributed by atoms with Crippen LogP contribution in [0, 0.1) is 0 Å². The highest BCUT2D eigenvalue weighted by atomic mass is 35.5. The summed E-state index contributed by atoms with van der Waals surface area (Å²) in [5.74, 6) is 1.61. The fourth-order valence-electron chi connectivity index (χ4n) is 3.45. The summed E-state index contributed by atoms with van der Waals surface area (Å²) in [4.78, 5) is 25.6. The average Bonchev–Trinajstić information content (AvgIpc) is 3.36. The topological polar surface area (TPSA) is 74.5 Å². The maximum absolute atomic E-state index is 12.1. The van der Waals surface area contributed by atoms with E-state index in [1.165, 1.54) is 17.3 Å². The van der Waals surface area contributed by atoms with E-state index in [4.69, 9.17) is 16.0 Å². The number of nitrogens with zero attached hydrogens (tertiary/aromatic N) is 4. The minimum absolute atomic E-state index is 0.112. The van der Waals surface area contributed by atoms with E-state index in [0.29, 0.717) is 22.6 Å². The van der Waals surface area contributed by atoms with Crippen LogP contribution in [-0.4, -0.2) is 59.3 Å². The molecule has 1 fully saturated rings. The molecule has 0 unspecified atom stereocenters. The number of aromatic nitrogens is 2. The Kier molecular flexibility index (Phi) is 8.41. The first-order valence-corrected chi connectivity index (χ1v) is 12.2. The molecule has 33 heavy (non-hydrogen) atoms. The van der Waals surface area contributed by atoms with Crippen LogP contribution in [0.4, 0.5) is 5.82 Å². The zero-order chi connectivity index (χ0) is 22.9. The van der Waals surface area contributed by atoms with Gasteiger partial charge in [-0.05, 0) is 17.7 Å². The Bertz CT molecular complexity index is 1050. The molecule has 1 aromatic carbocycles. The van der Waals surface area contributed by atoms with E-state index < -0.39 is 0 Å². The summed E-state index contributed by atoms with van der Waals surface area (Å²) in [6, 6.07) is 15.7. The molecule has 1 aliphatic heterocycles. The first-order chi connectivity index (χ1) is 16.2. The highest BCUT2D eigenvalue weighted by molar-refractivity contribution is 7.99. The van der Waals surface area contributed by atoms with Gasteiger partial charge in [-0.3, -0.25) is 9.69 Å². The largest absolute Gasteiger partial charge is 0.467 e. The molecule has 0 spiro atoms. The third kappa shape index (κ3) is 7.35. The lowest BCUT2D eigenvalue weighted by Crippen LogP contribution is -2.46. The van der Waals surface area contributed by atoms with E-state index in [2.05, 4.69) is 49.4 Å². The van der Waals surface area contributed by atoms with E-state index in [1.54, 1.807) is 18.4 Å². The van der Waals surface area contributed by atoms with Gasteiger partial charge in [0, 0.05) is 38.8 Å². The Morgan fingerprint density at radius 3 is 2.70 bits per heavy atom. The minimum atomic E-state index is -0.112. The highest BCUT2D eigenvalue weighted by Crippen LogP contribution is 2.23. The van der Waals surface area contributed by atoms with Crippen LogP contribution in [0.5, 0.6) is 0 Å². The second-order valence-electron chi connectivity index (χ2n) is 7.58. The molecule has 0 radical (unpaired) electrons. The lowest BCUT2D eigenvalue weighted by atomic mass is 10.2. The van der Waals surface area contributed by atoms with Gasteiger partial charge in [0.05, 0.1) is 18.6 Å². The van der Waals surface area contributed by atoms with Crippen LogP contribution < -0.4 is 10.2 Å². The molecule has 1 aliphatic rings. The number of thioether (sulfide) groups is 1. The monoisotopic (exact) mass is 483 g/mol. The number of furan rings is 1. The number of benzene rings is 1. The fourth-order valence-corrected chi connectivity index (χ4v) is 4.36. The summed E-state index contributed by atoms with van der Waals surface area (Å²) in [5.41, 5.74) is 1.21. The SMILES string of the molecule is O=C(CSc1nc(Cl)cc(N2CCN(C/C=C/c3ccccc3)CC2)n1)NCc1ccco1. The summed E-state index contributed by atoms with van der Waals surface area (Å²) in [5, 5.41) is 3.70. The number of hydrogen-bond donors (Lipinski definition) is 1. The molecule has 3 aromatic rings. The minimum Gasteiger partial charge on any atom is -0.467 e. The number of hydrogen-bond acceptors (Lipinski definition) is 7. The second-order valence-corrected chi connectivity index (χ2v) is 8.91. The Hall–Kier alpha value is -2.81. The summed E-state index contributed by atoms with van der Waals surface area (Å²) in [6.45, 7) is 4.89. The van der Waals surface area contributed by atoms with Crippen LogP contribution in [0.25, 0.3) is 6.08 Å². The van der Waals surface area contributed by atoms with Gasteiger partial charge in [0.1, 0.15) is 16.7 Å². The van der Waals surface area contributed by atoms with Crippen LogP contribution in [0.15, 0.2) is 70.4 Å². The summed E-state index contributed by atoms with van der Waals surface area (Å²) < 4.78 is 5.22. The summed E-state index contributed by atoms with van der Waals surface area (Å²) in [6.07, 6.45) is 5.95. The number of halogens is 1. The molecule has 172 valence electrons. The second kappa shape index (κ2) is 11.9. The molecule has 3 heterocycles. The number of nitrogens with one attached hydrogen (secondary N) is 1. The number of carbonyl (C=O) groups excluding carboxylic acids is 1. The zero-order valence-corrected chi connectivity index (χ0v) is 19.8. The van der Waals surface area contributed by atoms with Crippen LogP contribution in [0.2, 0.25) is 5.15 Å². The lowest BCUT2D eigenvalue weighted by molar-refractivity contribution is -0.118. The van der Waals surface area contributed by atoms with E-state index in [9.17, 15) is 4.79 Å². The molecule has 0 bridgehead atoms. The third-order valence-electron chi connectivity index (χ3n) is 5.20. The van der Waals surface area contributed by atoms with Crippen molar-refractivity contribution in [3.05, 3.63) is 77.3 Å². The summed E-state index contributed by atoms with van der Waals surface area (Å²) in [7, 11) is 0. The predicted octanol–water partition coefficient (Wildman–Crippen LogP) is 3.97. The number of carbonyl (C=O) groups is 1. The number of piperazine rings is 1. The Balaban J connectivity index is 1.24. The molecular formula is C24H26ClN5O2S. The molecule has 9 heteroatoms. The van der Waals surface area contributed by atoms with Crippen molar-refractivity contribution in [1.29, 1.82) is 0 Å². The van der Waals surface area contributed by atoms with Crippen molar-refractivity contribution in [1.82, 2.24) is 20.2 Å². The quantitative estimate of drug-likeness (QED) is 0.280. The van der Waals surface area contributed by atoms with Crippen LogP contribution in [0.1, 0.15) is 11.3 Å². The van der Waals surface area contributed by atoms with E-state index >= 15 is 0 Å². The van der Waals surface area contributed by atoms with Gasteiger partial charge in [0.15, 0.2) is 5.16 Å². The van der Waals surface area contributed by atoms with Crippen LogP contribution in [0.3, 0.4) is 0 Å². The Labute approximate surface area is 202 Å².